The Kier molecular flexibility index (Phi) is 5.95. The molecule has 5 aliphatic rings. The van der Waals surface area contributed by atoms with Crippen molar-refractivity contribution in [2.75, 3.05) is 0 Å². The van der Waals surface area contributed by atoms with Crippen LogP contribution in [-0.2, 0) is 19.5 Å². The Bertz CT molecular complexity index is 1190. The Morgan fingerprint density at radius 1 is 0.919 bits per heavy atom. The fourth-order valence-corrected chi connectivity index (χ4v) is 10.1. The van der Waals surface area contributed by atoms with Crippen molar-refractivity contribution in [2.45, 2.75) is 109 Å². The van der Waals surface area contributed by atoms with Crippen LogP contribution in [-0.4, -0.2) is 32.1 Å². The van der Waals surface area contributed by atoms with Crippen molar-refractivity contribution in [1.82, 2.24) is 4.83 Å². The molecule has 37 heavy (non-hydrogen) atoms. The largest absolute Gasteiger partial charge is 0.344 e. The SMILES string of the molecule is Cc1ccc(S(=O)(=O)N/N=C2/CC[C@H]3[C@@H]4[C@H]5OC(C)(C)O[C@@H]5[C@H]5C[C@@H](C)CC[C@]5(C)[C@H]4CC[C@]23C)cc1. The van der Waals surface area contributed by atoms with Gasteiger partial charge >= 0.3 is 0 Å². The third-order valence-electron chi connectivity index (χ3n) is 11.2. The van der Waals surface area contributed by atoms with E-state index in [9.17, 15) is 8.42 Å². The first-order chi connectivity index (χ1) is 17.3. The molecule has 1 heterocycles. The zero-order chi connectivity index (χ0) is 26.4. The number of ether oxygens (including phenoxy) is 2. The van der Waals surface area contributed by atoms with Gasteiger partial charge in [0.05, 0.1) is 17.1 Å². The second-order valence-corrected chi connectivity index (χ2v) is 15.5. The van der Waals surface area contributed by atoms with Gasteiger partial charge in [-0.1, -0.05) is 44.9 Å². The van der Waals surface area contributed by atoms with Crippen molar-refractivity contribution in [1.29, 1.82) is 0 Å². The quantitative estimate of drug-likeness (QED) is 0.485. The molecule has 0 bridgehead atoms. The Morgan fingerprint density at radius 3 is 2.35 bits per heavy atom. The fourth-order valence-electron chi connectivity index (χ4n) is 9.24. The summed E-state index contributed by atoms with van der Waals surface area (Å²) in [6.45, 7) is 13.4. The van der Waals surface area contributed by atoms with E-state index in [0.29, 0.717) is 23.7 Å². The van der Waals surface area contributed by atoms with Crippen LogP contribution in [0.1, 0.15) is 85.1 Å². The van der Waals surface area contributed by atoms with Crippen LogP contribution in [0, 0.1) is 47.3 Å². The van der Waals surface area contributed by atoms with Gasteiger partial charge in [-0.3, -0.25) is 0 Å². The average Bonchev–Trinajstić information content (AvgIpc) is 3.34. The number of nitrogens with zero attached hydrogens (tertiary/aromatic N) is 1. The summed E-state index contributed by atoms with van der Waals surface area (Å²) in [5.74, 6) is 2.19. The van der Waals surface area contributed by atoms with E-state index in [4.69, 9.17) is 9.47 Å². The number of benzene rings is 1. The van der Waals surface area contributed by atoms with E-state index in [1.807, 2.05) is 19.1 Å². The molecular weight excluding hydrogens is 484 g/mol. The van der Waals surface area contributed by atoms with E-state index in [1.165, 1.54) is 19.3 Å². The van der Waals surface area contributed by atoms with Gasteiger partial charge in [0.25, 0.3) is 10.0 Å². The van der Waals surface area contributed by atoms with Gasteiger partial charge in [-0.05, 0) is 106 Å². The molecule has 0 amide bonds. The lowest BCUT2D eigenvalue weighted by Crippen LogP contribution is -2.63. The number of hydrogen-bond acceptors (Lipinski definition) is 5. The smallest absolute Gasteiger partial charge is 0.276 e. The second-order valence-electron chi connectivity index (χ2n) is 13.8. The molecule has 9 atom stereocenters. The summed E-state index contributed by atoms with van der Waals surface area (Å²) in [7, 11) is -3.70. The van der Waals surface area contributed by atoms with Gasteiger partial charge in [-0.25, -0.2) is 4.83 Å². The van der Waals surface area contributed by atoms with E-state index in [2.05, 4.69) is 44.6 Å². The van der Waals surface area contributed by atoms with Crippen molar-refractivity contribution < 1.29 is 17.9 Å². The van der Waals surface area contributed by atoms with Crippen LogP contribution in [0.5, 0.6) is 0 Å². The molecule has 1 N–H and O–H groups in total. The molecular formula is C30H44N2O4S. The monoisotopic (exact) mass is 528 g/mol. The lowest BCUT2D eigenvalue weighted by molar-refractivity contribution is -0.174. The summed E-state index contributed by atoms with van der Waals surface area (Å²) in [5, 5.41) is 4.62. The summed E-state index contributed by atoms with van der Waals surface area (Å²) in [6.07, 6.45) is 8.13. The minimum atomic E-state index is -3.70. The molecule has 1 aliphatic heterocycles. The third-order valence-corrected chi connectivity index (χ3v) is 12.4. The second kappa shape index (κ2) is 8.53. The Labute approximate surface area is 223 Å². The third kappa shape index (κ3) is 4.01. The van der Waals surface area contributed by atoms with Gasteiger partial charge in [-0.15, -0.1) is 0 Å². The fraction of sp³-hybridized carbons (Fsp3) is 0.767. The van der Waals surface area contributed by atoms with E-state index < -0.39 is 15.8 Å². The van der Waals surface area contributed by atoms with Gasteiger partial charge in [0.15, 0.2) is 5.79 Å². The number of hydrogen-bond donors (Lipinski definition) is 1. The van der Waals surface area contributed by atoms with Crippen molar-refractivity contribution in [3.05, 3.63) is 29.8 Å². The van der Waals surface area contributed by atoms with Gasteiger partial charge in [0.1, 0.15) is 0 Å². The Morgan fingerprint density at radius 2 is 1.62 bits per heavy atom. The maximum absolute atomic E-state index is 13.0. The summed E-state index contributed by atoms with van der Waals surface area (Å²) < 4.78 is 39.4. The molecule has 0 aromatic heterocycles. The van der Waals surface area contributed by atoms with Crippen LogP contribution in [0.3, 0.4) is 0 Å². The minimum Gasteiger partial charge on any atom is -0.344 e. The number of rotatable bonds is 3. The highest BCUT2D eigenvalue weighted by molar-refractivity contribution is 7.89. The molecule has 0 unspecified atom stereocenters. The predicted molar refractivity (Wildman–Crippen MR) is 144 cm³/mol. The minimum absolute atomic E-state index is 0.108. The van der Waals surface area contributed by atoms with Crippen LogP contribution in [0.4, 0.5) is 0 Å². The van der Waals surface area contributed by atoms with E-state index in [-0.39, 0.29) is 27.9 Å². The number of hydrazone groups is 1. The summed E-state index contributed by atoms with van der Waals surface area (Å²) in [6, 6.07) is 6.93. The van der Waals surface area contributed by atoms with Gasteiger partial charge in [0, 0.05) is 11.1 Å². The molecule has 204 valence electrons. The molecule has 4 saturated carbocycles. The first-order valence-corrected chi connectivity index (χ1v) is 15.8. The Hall–Kier alpha value is -1.44. The molecule has 6 nitrogen and oxygen atoms in total. The van der Waals surface area contributed by atoms with Crippen molar-refractivity contribution >= 4 is 15.7 Å². The van der Waals surface area contributed by atoms with E-state index >= 15 is 0 Å². The van der Waals surface area contributed by atoms with E-state index in [1.54, 1.807) is 12.1 Å². The highest BCUT2D eigenvalue weighted by atomic mass is 32.2. The standard InChI is InChI=1S/C30H44N2O4S/c1-18-7-9-20(10-8-18)37(33,34)32-31-24-12-11-21-25-22(14-16-30(21,24)6)29(5)15-13-19(2)17-23(29)26-27(25)36-28(3,4)35-26/h7-10,19,21-23,25-27,32H,11-17H2,1-6H3/b31-24-/t19-,21-,22-,23+,25-,26+,27+,29+,30-/m0/s1. The lowest BCUT2D eigenvalue weighted by Gasteiger charge is -2.63. The van der Waals surface area contributed by atoms with Crippen LogP contribution < -0.4 is 4.83 Å². The topological polar surface area (TPSA) is 77.0 Å². The summed E-state index contributed by atoms with van der Waals surface area (Å²) in [4.78, 5) is 2.84. The van der Waals surface area contributed by atoms with Crippen molar-refractivity contribution in [3.8, 4) is 0 Å². The van der Waals surface area contributed by atoms with Crippen molar-refractivity contribution in [3.63, 3.8) is 0 Å². The molecule has 1 aromatic rings. The maximum atomic E-state index is 13.0. The van der Waals surface area contributed by atoms with E-state index in [0.717, 1.165) is 42.9 Å². The van der Waals surface area contributed by atoms with Crippen LogP contribution in [0.25, 0.3) is 0 Å². The number of aryl methyl sites for hydroxylation is 1. The van der Waals surface area contributed by atoms with Crippen LogP contribution in [0.15, 0.2) is 34.3 Å². The zero-order valence-electron chi connectivity index (χ0n) is 23.3. The normalized spacial score (nSPS) is 45.6. The van der Waals surface area contributed by atoms with Gasteiger partial charge in [0.2, 0.25) is 0 Å². The Balaban J connectivity index is 1.31. The first kappa shape index (κ1) is 25.8. The molecule has 6 rings (SSSR count). The first-order valence-electron chi connectivity index (χ1n) is 14.4. The number of fused-ring (bicyclic) bond motifs is 8. The van der Waals surface area contributed by atoms with Crippen LogP contribution >= 0.6 is 0 Å². The average molecular weight is 529 g/mol. The molecule has 5 fully saturated rings. The lowest BCUT2D eigenvalue weighted by atomic mass is 9.43. The van der Waals surface area contributed by atoms with Crippen molar-refractivity contribution in [2.24, 2.45) is 45.5 Å². The molecule has 1 aromatic carbocycles. The highest BCUT2D eigenvalue weighted by Crippen LogP contribution is 2.68. The number of sulfonamides is 1. The van der Waals surface area contributed by atoms with Gasteiger partial charge < -0.3 is 9.47 Å². The maximum Gasteiger partial charge on any atom is 0.276 e. The molecule has 4 aliphatic carbocycles. The van der Waals surface area contributed by atoms with Crippen LogP contribution in [0.2, 0.25) is 0 Å². The summed E-state index contributed by atoms with van der Waals surface area (Å²) in [5.41, 5.74) is 2.19. The molecule has 0 spiro atoms. The highest BCUT2D eigenvalue weighted by Gasteiger charge is 2.68. The molecule has 7 heteroatoms. The zero-order valence-corrected chi connectivity index (χ0v) is 24.1. The number of nitrogens with one attached hydrogen (secondary N) is 1. The molecule has 1 saturated heterocycles. The van der Waals surface area contributed by atoms with Gasteiger partial charge in [-0.2, -0.15) is 13.5 Å². The molecule has 0 radical (unpaired) electrons. The predicted octanol–water partition coefficient (Wildman–Crippen LogP) is 6.05. The summed E-state index contributed by atoms with van der Waals surface area (Å²) >= 11 is 0.